The normalized spacial score (nSPS) is 26.2. The number of ether oxygens (including phenoxy) is 2. The second-order valence-electron chi connectivity index (χ2n) is 5.74. The lowest BCUT2D eigenvalue weighted by molar-refractivity contribution is 0.0573. The van der Waals surface area contributed by atoms with E-state index in [-0.39, 0.29) is 5.41 Å². The van der Waals surface area contributed by atoms with Gasteiger partial charge in [-0.05, 0) is 32.3 Å². The van der Waals surface area contributed by atoms with Crippen molar-refractivity contribution in [2.75, 3.05) is 33.4 Å². The average Bonchev–Trinajstić information content (AvgIpc) is 3.00. The summed E-state index contributed by atoms with van der Waals surface area (Å²) in [4.78, 5) is 0. The molecule has 5 heteroatoms. The van der Waals surface area contributed by atoms with E-state index in [9.17, 15) is 0 Å². The monoisotopic (exact) mass is 281 g/mol. The Labute approximate surface area is 121 Å². The van der Waals surface area contributed by atoms with Gasteiger partial charge < -0.3 is 14.8 Å². The maximum absolute atomic E-state index is 5.83. The Hall–Kier alpha value is -0.910. The molecule has 0 aliphatic carbocycles. The molecule has 1 fully saturated rings. The van der Waals surface area contributed by atoms with Crippen molar-refractivity contribution >= 4 is 0 Å². The van der Waals surface area contributed by atoms with Crippen LogP contribution in [0.3, 0.4) is 0 Å². The largest absolute Gasteiger partial charge is 0.383 e. The predicted molar refractivity (Wildman–Crippen MR) is 78.7 cm³/mol. The summed E-state index contributed by atoms with van der Waals surface area (Å²) in [6.45, 7) is 5.73. The quantitative estimate of drug-likeness (QED) is 0.732. The molecule has 1 aliphatic heterocycles. The first-order chi connectivity index (χ1) is 9.68. The fraction of sp³-hybridized carbons (Fsp3) is 0.800. The first-order valence-corrected chi connectivity index (χ1v) is 7.46. The predicted octanol–water partition coefficient (Wildman–Crippen LogP) is 1.38. The smallest absolute Gasteiger partial charge is 0.0616 e. The van der Waals surface area contributed by atoms with E-state index in [1.807, 2.05) is 17.9 Å². The number of methoxy groups -OCH3 is 1. The van der Waals surface area contributed by atoms with E-state index in [4.69, 9.17) is 9.47 Å². The van der Waals surface area contributed by atoms with Crippen molar-refractivity contribution in [3.05, 3.63) is 18.0 Å². The van der Waals surface area contributed by atoms with E-state index in [0.717, 1.165) is 45.6 Å². The van der Waals surface area contributed by atoms with Crippen LogP contribution in [0.2, 0.25) is 0 Å². The summed E-state index contributed by atoms with van der Waals surface area (Å²) in [7, 11) is 3.74. The highest BCUT2D eigenvalue weighted by Crippen LogP contribution is 2.38. The van der Waals surface area contributed by atoms with E-state index in [0.29, 0.717) is 6.10 Å². The average molecular weight is 281 g/mol. The number of nitrogens with one attached hydrogen (secondary N) is 1. The molecule has 0 saturated carbocycles. The zero-order chi connectivity index (χ0) is 14.4. The fourth-order valence-corrected chi connectivity index (χ4v) is 3.00. The van der Waals surface area contributed by atoms with Crippen molar-refractivity contribution in [1.29, 1.82) is 0 Å². The van der Waals surface area contributed by atoms with E-state index in [1.165, 1.54) is 5.69 Å². The van der Waals surface area contributed by atoms with Crippen LogP contribution in [0, 0.1) is 5.41 Å². The van der Waals surface area contributed by atoms with E-state index in [1.54, 1.807) is 7.11 Å². The van der Waals surface area contributed by atoms with Crippen LogP contribution in [-0.4, -0.2) is 49.3 Å². The number of nitrogens with zero attached hydrogens (tertiary/aromatic N) is 2. The molecule has 0 radical (unpaired) electrons. The van der Waals surface area contributed by atoms with Gasteiger partial charge in [-0.3, -0.25) is 4.68 Å². The zero-order valence-electron chi connectivity index (χ0n) is 12.9. The van der Waals surface area contributed by atoms with Crippen LogP contribution < -0.4 is 5.32 Å². The molecule has 20 heavy (non-hydrogen) atoms. The van der Waals surface area contributed by atoms with E-state index in [2.05, 4.69) is 23.4 Å². The van der Waals surface area contributed by atoms with Crippen LogP contribution in [0.15, 0.2) is 12.3 Å². The molecule has 2 unspecified atom stereocenters. The van der Waals surface area contributed by atoms with Crippen LogP contribution in [-0.2, 0) is 22.9 Å². The summed E-state index contributed by atoms with van der Waals surface area (Å²) < 4.78 is 12.9. The van der Waals surface area contributed by atoms with Gasteiger partial charge in [0.2, 0.25) is 0 Å². The molecule has 2 heterocycles. The maximum atomic E-state index is 5.83. The molecular weight excluding hydrogens is 254 g/mol. The summed E-state index contributed by atoms with van der Waals surface area (Å²) in [5.74, 6) is 0. The molecular formula is C15H27N3O2. The summed E-state index contributed by atoms with van der Waals surface area (Å²) in [5.41, 5.74) is 1.53. The SMILES string of the molecule is COCCNCC1(CCc2ccnn2C)CCOC1C. The first kappa shape index (κ1) is 15.5. The lowest BCUT2D eigenvalue weighted by Gasteiger charge is -2.32. The summed E-state index contributed by atoms with van der Waals surface area (Å²) in [6, 6.07) is 2.10. The molecule has 2 atom stereocenters. The Kier molecular flexibility index (Phi) is 5.57. The van der Waals surface area contributed by atoms with Gasteiger partial charge in [0.25, 0.3) is 0 Å². The van der Waals surface area contributed by atoms with Gasteiger partial charge in [0.1, 0.15) is 0 Å². The van der Waals surface area contributed by atoms with Gasteiger partial charge in [0.05, 0.1) is 12.7 Å². The van der Waals surface area contributed by atoms with E-state index >= 15 is 0 Å². The first-order valence-electron chi connectivity index (χ1n) is 7.46. The van der Waals surface area contributed by atoms with Crippen molar-refractivity contribution in [2.45, 2.75) is 32.3 Å². The topological polar surface area (TPSA) is 48.3 Å². The Morgan fingerprint density at radius 1 is 1.60 bits per heavy atom. The molecule has 1 aliphatic rings. The van der Waals surface area contributed by atoms with Crippen molar-refractivity contribution in [3.8, 4) is 0 Å². The molecule has 1 N–H and O–H groups in total. The third kappa shape index (κ3) is 3.59. The Balaban J connectivity index is 1.91. The molecule has 1 aromatic rings. The van der Waals surface area contributed by atoms with Crippen LogP contribution in [0.4, 0.5) is 0 Å². The summed E-state index contributed by atoms with van der Waals surface area (Å²) in [5, 5.41) is 7.76. The van der Waals surface area contributed by atoms with Crippen LogP contribution in [0.1, 0.15) is 25.5 Å². The molecule has 1 saturated heterocycles. The Morgan fingerprint density at radius 3 is 3.05 bits per heavy atom. The maximum Gasteiger partial charge on any atom is 0.0616 e. The third-order valence-electron chi connectivity index (χ3n) is 4.59. The molecule has 2 rings (SSSR count). The minimum absolute atomic E-state index is 0.234. The lowest BCUT2D eigenvalue weighted by atomic mass is 9.77. The molecule has 5 nitrogen and oxygen atoms in total. The highest BCUT2D eigenvalue weighted by Gasteiger charge is 2.40. The minimum atomic E-state index is 0.234. The molecule has 1 aromatic heterocycles. The third-order valence-corrected chi connectivity index (χ3v) is 4.59. The molecule has 0 bridgehead atoms. The van der Waals surface area contributed by atoms with Gasteiger partial charge in [0.15, 0.2) is 0 Å². The summed E-state index contributed by atoms with van der Waals surface area (Å²) in [6.07, 6.45) is 5.49. The zero-order valence-corrected chi connectivity index (χ0v) is 12.9. The van der Waals surface area contributed by atoms with Gasteiger partial charge in [-0.1, -0.05) is 0 Å². The number of rotatable bonds is 8. The van der Waals surface area contributed by atoms with Crippen LogP contribution in [0.25, 0.3) is 0 Å². The van der Waals surface area contributed by atoms with Gasteiger partial charge in [-0.25, -0.2) is 0 Å². The van der Waals surface area contributed by atoms with Crippen molar-refractivity contribution in [2.24, 2.45) is 12.5 Å². The highest BCUT2D eigenvalue weighted by atomic mass is 16.5. The standard InChI is InChI=1S/C15H27N3O2/c1-13-15(7-10-20-13,12-16-9-11-19-3)6-4-14-5-8-17-18(14)2/h5,8,13,16H,4,6-7,9-12H2,1-3H3. The molecule has 114 valence electrons. The van der Waals surface area contributed by atoms with Gasteiger partial charge in [-0.2, -0.15) is 5.10 Å². The van der Waals surface area contributed by atoms with Crippen molar-refractivity contribution in [1.82, 2.24) is 15.1 Å². The lowest BCUT2D eigenvalue weighted by Crippen LogP contribution is -2.41. The Bertz CT molecular complexity index is 408. The van der Waals surface area contributed by atoms with Gasteiger partial charge in [-0.15, -0.1) is 0 Å². The number of aromatic nitrogens is 2. The Morgan fingerprint density at radius 2 is 2.45 bits per heavy atom. The molecule has 0 aromatic carbocycles. The van der Waals surface area contributed by atoms with E-state index < -0.39 is 0 Å². The fourth-order valence-electron chi connectivity index (χ4n) is 3.00. The summed E-state index contributed by atoms with van der Waals surface area (Å²) >= 11 is 0. The van der Waals surface area contributed by atoms with Gasteiger partial charge >= 0.3 is 0 Å². The molecule has 0 spiro atoms. The molecule has 0 amide bonds. The number of aryl methyl sites for hydroxylation is 2. The van der Waals surface area contributed by atoms with Crippen LogP contribution in [0.5, 0.6) is 0 Å². The van der Waals surface area contributed by atoms with Crippen molar-refractivity contribution < 1.29 is 9.47 Å². The number of hydrogen-bond acceptors (Lipinski definition) is 4. The van der Waals surface area contributed by atoms with Crippen molar-refractivity contribution in [3.63, 3.8) is 0 Å². The van der Waals surface area contributed by atoms with Crippen LogP contribution >= 0.6 is 0 Å². The highest BCUT2D eigenvalue weighted by molar-refractivity contribution is 5.03. The number of hydrogen-bond donors (Lipinski definition) is 1. The second kappa shape index (κ2) is 7.20. The van der Waals surface area contributed by atoms with Gasteiger partial charge in [0, 0.05) is 51.2 Å². The second-order valence-corrected chi connectivity index (χ2v) is 5.74. The minimum Gasteiger partial charge on any atom is -0.383 e.